The first-order chi connectivity index (χ1) is 32.3. The largest absolute Gasteiger partial charge is 0.453 e. The Bertz CT molecular complexity index is 3020. The summed E-state index contributed by atoms with van der Waals surface area (Å²) in [6.45, 7) is 6.73. The lowest BCUT2D eigenvalue weighted by molar-refractivity contribution is -0.138. The third-order valence-corrected chi connectivity index (χ3v) is 13.8. The van der Waals surface area contributed by atoms with Crippen molar-refractivity contribution < 1.29 is 28.7 Å². The number of methoxy groups -OCH3 is 2. The summed E-state index contributed by atoms with van der Waals surface area (Å²) < 4.78 is 10.4. The number of hydrogen-bond acceptors (Lipinski definition) is 8. The maximum absolute atomic E-state index is 14.6. The molecule has 346 valence electrons. The number of alkyl carbamates (subject to hydrolysis) is 1. The van der Waals surface area contributed by atoms with E-state index >= 15 is 0 Å². The summed E-state index contributed by atoms with van der Waals surface area (Å²) in [7, 11) is 2.97. The average Bonchev–Trinajstić information content (AvgIpc) is 4.22. The van der Waals surface area contributed by atoms with Gasteiger partial charge in [-0.2, -0.15) is 0 Å². The van der Waals surface area contributed by atoms with Gasteiger partial charge >= 0.3 is 6.09 Å². The Morgan fingerprint density at radius 2 is 1.42 bits per heavy atom. The summed E-state index contributed by atoms with van der Waals surface area (Å²) in [6, 6.07) is 28.4. The molecule has 3 fully saturated rings. The van der Waals surface area contributed by atoms with Crippen molar-refractivity contribution in [1.29, 1.82) is 0 Å². The topological polar surface area (TPSA) is 183 Å². The quantitative estimate of drug-likeness (QED) is 0.0717. The molecule has 3 heterocycles. The fourth-order valence-electron chi connectivity index (χ4n) is 9.84. The molecule has 14 heteroatoms. The molecule has 2 saturated carbocycles. The molecule has 1 aliphatic heterocycles. The van der Waals surface area contributed by atoms with Crippen molar-refractivity contribution in [3.8, 4) is 11.1 Å². The number of rotatable bonds is 14. The lowest BCUT2D eigenvalue weighted by Crippen LogP contribution is -2.54. The van der Waals surface area contributed by atoms with Gasteiger partial charge in [0, 0.05) is 36.3 Å². The van der Waals surface area contributed by atoms with Crippen molar-refractivity contribution in [2.24, 2.45) is 23.2 Å². The van der Waals surface area contributed by atoms with E-state index in [1.165, 1.54) is 7.11 Å². The number of H-pyrrole nitrogens is 2. The number of likely N-dealkylation sites (tertiary alicyclic amines) is 1. The van der Waals surface area contributed by atoms with Crippen LogP contribution in [0.4, 0.5) is 4.79 Å². The van der Waals surface area contributed by atoms with Crippen LogP contribution in [-0.2, 0) is 23.9 Å². The number of carbonyl (C=O) groups excluding carboxylic acids is 4. The summed E-state index contributed by atoms with van der Waals surface area (Å²) >= 11 is 0. The zero-order valence-electron chi connectivity index (χ0n) is 38.6. The molecular weight excluding hydrogens is 845 g/mol. The van der Waals surface area contributed by atoms with Gasteiger partial charge in [-0.1, -0.05) is 100 Å². The van der Waals surface area contributed by atoms with Crippen molar-refractivity contribution >= 4 is 67.4 Å². The van der Waals surface area contributed by atoms with Crippen LogP contribution in [0.15, 0.2) is 91.0 Å². The number of aromatic amines is 2. The molecule has 4 amide bonds. The maximum Gasteiger partial charge on any atom is 0.407 e. The number of ether oxygens (including phenoxy) is 2. The van der Waals surface area contributed by atoms with Crippen LogP contribution < -0.4 is 16.0 Å². The van der Waals surface area contributed by atoms with E-state index in [4.69, 9.17) is 19.4 Å². The second kappa shape index (κ2) is 17.8. The molecule has 1 saturated heterocycles. The van der Waals surface area contributed by atoms with Crippen LogP contribution in [0.25, 0.3) is 54.7 Å². The van der Waals surface area contributed by atoms with Gasteiger partial charge < -0.3 is 40.3 Å². The SMILES string of the molecule is COC[C@H]1C[C@@H](c2nc3c(ccc4cc(-c5ccc6c(ccc7[nH]c([C@H](CC8CC8)NC(=O)[C@@H](NC(=O)OC)C(C)(C)C)nc76)c5)ccc43)[nH]2)N(C(=O)[C@H](NC(=O)C2CC2)c2ccccc2)C1. The molecule has 2 aliphatic carbocycles. The van der Waals surface area contributed by atoms with Gasteiger partial charge in [0.1, 0.15) is 23.7 Å². The maximum atomic E-state index is 14.6. The van der Waals surface area contributed by atoms with Crippen molar-refractivity contribution in [3.05, 3.63) is 108 Å². The first kappa shape index (κ1) is 44.1. The smallest absolute Gasteiger partial charge is 0.407 e. The molecule has 0 unspecified atom stereocenters. The van der Waals surface area contributed by atoms with Gasteiger partial charge in [-0.25, -0.2) is 14.8 Å². The van der Waals surface area contributed by atoms with E-state index in [0.717, 1.165) is 92.4 Å². The van der Waals surface area contributed by atoms with E-state index < -0.39 is 23.6 Å². The van der Waals surface area contributed by atoms with Crippen LogP contribution in [-0.4, -0.2) is 82.1 Å². The van der Waals surface area contributed by atoms with Crippen molar-refractivity contribution in [2.45, 2.75) is 83.5 Å². The van der Waals surface area contributed by atoms with E-state index in [0.29, 0.717) is 37.1 Å². The lowest BCUT2D eigenvalue weighted by atomic mass is 9.86. The predicted molar refractivity (Wildman–Crippen MR) is 258 cm³/mol. The van der Waals surface area contributed by atoms with E-state index in [-0.39, 0.29) is 41.6 Å². The summed E-state index contributed by atoms with van der Waals surface area (Å²) in [5, 5.41) is 13.1. The molecule has 14 nitrogen and oxygen atoms in total. The number of imidazole rings is 2. The highest BCUT2D eigenvalue weighted by molar-refractivity contribution is 6.07. The van der Waals surface area contributed by atoms with Crippen LogP contribution >= 0.6 is 0 Å². The highest BCUT2D eigenvalue weighted by Gasteiger charge is 2.43. The highest BCUT2D eigenvalue weighted by atomic mass is 16.5. The number of benzene rings is 5. The van der Waals surface area contributed by atoms with Gasteiger partial charge in [0.15, 0.2) is 0 Å². The number of amides is 4. The Hall–Kier alpha value is -6.80. The molecule has 67 heavy (non-hydrogen) atoms. The normalized spacial score (nSPS) is 18.9. The van der Waals surface area contributed by atoms with Crippen LogP contribution in [0.2, 0.25) is 0 Å². The second-order valence-electron chi connectivity index (χ2n) is 19.9. The monoisotopic (exact) mass is 902 g/mol. The van der Waals surface area contributed by atoms with Crippen LogP contribution in [0.5, 0.6) is 0 Å². The number of hydrogen-bond donors (Lipinski definition) is 5. The number of nitrogens with zero attached hydrogens (tertiary/aromatic N) is 3. The van der Waals surface area contributed by atoms with Crippen molar-refractivity contribution in [2.75, 3.05) is 27.4 Å². The number of carbonyl (C=O) groups is 4. The minimum Gasteiger partial charge on any atom is -0.453 e. The van der Waals surface area contributed by atoms with Crippen LogP contribution in [0.3, 0.4) is 0 Å². The molecule has 2 aromatic heterocycles. The molecule has 5 atom stereocenters. The van der Waals surface area contributed by atoms with E-state index in [1.54, 1.807) is 7.11 Å². The third kappa shape index (κ3) is 9.06. The molecule has 10 rings (SSSR count). The number of nitrogens with one attached hydrogen (secondary N) is 5. The summed E-state index contributed by atoms with van der Waals surface area (Å²) in [5.41, 5.74) is 5.76. The van der Waals surface area contributed by atoms with Crippen LogP contribution in [0.1, 0.15) is 94.6 Å². The molecule has 3 aliphatic rings. The zero-order chi connectivity index (χ0) is 46.6. The summed E-state index contributed by atoms with van der Waals surface area (Å²) in [6.07, 6.45) is 4.70. The molecule has 0 bridgehead atoms. The Labute approximate surface area is 389 Å². The molecule has 7 aromatic rings. The summed E-state index contributed by atoms with van der Waals surface area (Å²) in [5.74, 6) is 1.47. The lowest BCUT2D eigenvalue weighted by Gasteiger charge is -2.31. The number of fused-ring (bicyclic) bond motifs is 6. The fraction of sp³-hybridized carbons (Fsp3) is 0.396. The first-order valence-electron chi connectivity index (χ1n) is 23.5. The van der Waals surface area contributed by atoms with Gasteiger partial charge in [0.25, 0.3) is 0 Å². The fourth-order valence-corrected chi connectivity index (χ4v) is 9.84. The Morgan fingerprint density at radius 1 is 0.761 bits per heavy atom. The minimum absolute atomic E-state index is 0.0341. The van der Waals surface area contributed by atoms with Crippen LogP contribution in [0, 0.1) is 23.2 Å². The number of aromatic nitrogens is 4. The Morgan fingerprint density at radius 3 is 2.03 bits per heavy atom. The summed E-state index contributed by atoms with van der Waals surface area (Å²) in [4.78, 5) is 72.9. The third-order valence-electron chi connectivity index (χ3n) is 13.8. The van der Waals surface area contributed by atoms with E-state index in [2.05, 4.69) is 80.5 Å². The van der Waals surface area contributed by atoms with Gasteiger partial charge in [-0.15, -0.1) is 0 Å². The molecule has 5 aromatic carbocycles. The molecular formula is C53H58N8O6. The average molecular weight is 903 g/mol. The van der Waals surface area contributed by atoms with Crippen molar-refractivity contribution in [1.82, 2.24) is 40.8 Å². The van der Waals surface area contributed by atoms with E-state index in [1.807, 2.05) is 62.1 Å². The molecule has 5 N–H and O–H groups in total. The second-order valence-corrected chi connectivity index (χ2v) is 19.9. The Balaban J connectivity index is 0.919. The van der Waals surface area contributed by atoms with E-state index in [9.17, 15) is 19.2 Å². The van der Waals surface area contributed by atoms with Gasteiger partial charge in [-0.05, 0) is 88.7 Å². The first-order valence-corrected chi connectivity index (χ1v) is 23.5. The minimum atomic E-state index is -0.801. The highest BCUT2D eigenvalue weighted by Crippen LogP contribution is 2.41. The zero-order valence-corrected chi connectivity index (χ0v) is 38.6. The van der Waals surface area contributed by atoms with Gasteiger partial charge in [0.05, 0.1) is 47.9 Å². The molecule has 0 spiro atoms. The standard InChI is InChI=1S/C53H58N8O6/c1-53(2,3)46(60-52(65)67-5)50(63)56-41(23-29-11-12-29)47-54-39-21-17-35-25-33(15-19-37(35)44(39)57-47)34-16-20-38-36(26-34)18-22-40-45(38)58-48(55-40)42-24-30(28-66-4)27-61(42)51(64)43(31-9-7-6-8-10-31)59-49(62)32-13-14-32/h6-10,15-22,25-26,29-30,32,41-43,46H,11-14,23-24,27-28H2,1-5H3,(H,54,57)(H,55,58)(H,56,63)(H,59,62)(H,60,65)/t30-,41-,42-,43+,46+/m0/s1. The molecule has 0 radical (unpaired) electrons. The van der Waals surface area contributed by atoms with Gasteiger partial charge in [-0.3, -0.25) is 14.4 Å². The van der Waals surface area contributed by atoms with Gasteiger partial charge in [0.2, 0.25) is 17.7 Å². The predicted octanol–water partition coefficient (Wildman–Crippen LogP) is 8.94. The Kier molecular flexibility index (Phi) is 11.7. The van der Waals surface area contributed by atoms with Crippen molar-refractivity contribution in [3.63, 3.8) is 0 Å².